The van der Waals surface area contributed by atoms with Crippen molar-refractivity contribution < 1.29 is 0 Å². The molecule has 3 nitrogen and oxygen atoms in total. The van der Waals surface area contributed by atoms with Crippen molar-refractivity contribution in [1.82, 2.24) is 9.36 Å². The molecule has 2 rings (SSSR count). The highest BCUT2D eigenvalue weighted by molar-refractivity contribution is 5.34. The van der Waals surface area contributed by atoms with Crippen LogP contribution in [-0.4, -0.2) is 9.36 Å². The number of rotatable bonds is 3. The molecule has 3 heteroatoms. The molecule has 0 spiro atoms. The van der Waals surface area contributed by atoms with E-state index in [0.29, 0.717) is 5.92 Å². The first-order valence-electron chi connectivity index (χ1n) is 6.41. The zero-order chi connectivity index (χ0) is 13.3. The predicted molar refractivity (Wildman–Crippen MR) is 74.5 cm³/mol. The summed E-state index contributed by atoms with van der Waals surface area (Å²) in [6, 6.07) is 9.78. The second kappa shape index (κ2) is 4.84. The Kier molecular flexibility index (Phi) is 3.41. The van der Waals surface area contributed by atoms with Crippen molar-refractivity contribution in [2.45, 2.75) is 33.1 Å². The van der Waals surface area contributed by atoms with E-state index in [4.69, 9.17) is 0 Å². The lowest BCUT2D eigenvalue weighted by molar-refractivity contribution is 0.629. The zero-order valence-electron chi connectivity index (χ0n) is 11.5. The summed E-state index contributed by atoms with van der Waals surface area (Å²) in [4.78, 5) is 12.6. The standard InChI is InChI=1S/C15H20N2O/c1-5-11(2)14-12(3)16(4)17(15(14)18)13-9-7-6-8-10-13/h6-11H,5H2,1-4H3. The molecule has 1 unspecified atom stereocenters. The summed E-state index contributed by atoms with van der Waals surface area (Å²) in [6.07, 6.45) is 0.981. The van der Waals surface area contributed by atoms with Gasteiger partial charge in [0.25, 0.3) is 5.56 Å². The summed E-state index contributed by atoms with van der Waals surface area (Å²) in [7, 11) is 1.94. The van der Waals surface area contributed by atoms with E-state index in [1.165, 1.54) is 0 Å². The van der Waals surface area contributed by atoms with Crippen LogP contribution in [0.25, 0.3) is 5.69 Å². The van der Waals surface area contributed by atoms with E-state index in [0.717, 1.165) is 23.4 Å². The second-order valence-electron chi connectivity index (χ2n) is 4.78. The molecule has 0 aliphatic heterocycles. The summed E-state index contributed by atoms with van der Waals surface area (Å²) in [6.45, 7) is 6.24. The van der Waals surface area contributed by atoms with Gasteiger partial charge in [-0.3, -0.25) is 9.48 Å². The minimum atomic E-state index is 0.107. The lowest BCUT2D eigenvalue weighted by Crippen LogP contribution is -2.21. The van der Waals surface area contributed by atoms with E-state index in [9.17, 15) is 4.79 Å². The first-order chi connectivity index (χ1) is 8.57. The highest BCUT2D eigenvalue weighted by Crippen LogP contribution is 2.20. The lowest BCUT2D eigenvalue weighted by atomic mass is 9.99. The first-order valence-corrected chi connectivity index (χ1v) is 6.41. The maximum absolute atomic E-state index is 12.6. The highest BCUT2D eigenvalue weighted by atomic mass is 16.1. The van der Waals surface area contributed by atoms with Gasteiger partial charge < -0.3 is 0 Å². The molecule has 18 heavy (non-hydrogen) atoms. The first kappa shape index (κ1) is 12.7. The predicted octanol–water partition coefficient (Wildman–Crippen LogP) is 3.00. The Morgan fingerprint density at radius 2 is 1.83 bits per heavy atom. The van der Waals surface area contributed by atoms with Crippen LogP contribution in [0.4, 0.5) is 0 Å². The molecular weight excluding hydrogens is 224 g/mol. The minimum absolute atomic E-state index is 0.107. The van der Waals surface area contributed by atoms with Crippen LogP contribution in [0.3, 0.4) is 0 Å². The van der Waals surface area contributed by atoms with Crippen LogP contribution in [0, 0.1) is 6.92 Å². The maximum Gasteiger partial charge on any atom is 0.275 e. The Morgan fingerprint density at radius 3 is 2.39 bits per heavy atom. The van der Waals surface area contributed by atoms with E-state index < -0.39 is 0 Å². The van der Waals surface area contributed by atoms with Crippen LogP contribution >= 0.6 is 0 Å². The molecule has 1 aromatic carbocycles. The summed E-state index contributed by atoms with van der Waals surface area (Å²) >= 11 is 0. The molecule has 0 amide bonds. The highest BCUT2D eigenvalue weighted by Gasteiger charge is 2.19. The topological polar surface area (TPSA) is 26.9 Å². The molecule has 0 saturated heterocycles. The number of hydrogen-bond acceptors (Lipinski definition) is 1. The van der Waals surface area contributed by atoms with Crippen LogP contribution in [0.2, 0.25) is 0 Å². The summed E-state index contributed by atoms with van der Waals surface area (Å²) in [5.41, 5.74) is 3.01. The van der Waals surface area contributed by atoms with Crippen molar-refractivity contribution in [2.75, 3.05) is 0 Å². The van der Waals surface area contributed by atoms with Gasteiger partial charge in [0.2, 0.25) is 0 Å². The lowest BCUT2D eigenvalue weighted by Gasteiger charge is -2.07. The fourth-order valence-corrected chi connectivity index (χ4v) is 2.36. The minimum Gasteiger partial charge on any atom is -0.285 e. The quantitative estimate of drug-likeness (QED) is 0.815. The summed E-state index contributed by atoms with van der Waals surface area (Å²) < 4.78 is 3.69. The molecule has 96 valence electrons. The van der Waals surface area contributed by atoms with Crippen molar-refractivity contribution in [3.05, 3.63) is 51.9 Å². The summed E-state index contributed by atoms with van der Waals surface area (Å²) in [5.74, 6) is 0.300. The third kappa shape index (κ3) is 1.90. The molecule has 1 atom stereocenters. The van der Waals surface area contributed by atoms with Crippen LogP contribution in [-0.2, 0) is 7.05 Å². The van der Waals surface area contributed by atoms with Crippen LogP contribution < -0.4 is 5.56 Å². The van der Waals surface area contributed by atoms with Crippen LogP contribution in [0.15, 0.2) is 35.1 Å². The van der Waals surface area contributed by atoms with Crippen molar-refractivity contribution in [3.63, 3.8) is 0 Å². The smallest absolute Gasteiger partial charge is 0.275 e. The Labute approximate surface area is 108 Å². The van der Waals surface area contributed by atoms with Gasteiger partial charge in [-0.2, -0.15) is 0 Å². The zero-order valence-corrected chi connectivity index (χ0v) is 11.5. The molecular formula is C15H20N2O. The van der Waals surface area contributed by atoms with E-state index in [2.05, 4.69) is 13.8 Å². The molecule has 1 aromatic heterocycles. The van der Waals surface area contributed by atoms with Crippen molar-refractivity contribution >= 4 is 0 Å². The molecule has 0 radical (unpaired) electrons. The van der Waals surface area contributed by atoms with Gasteiger partial charge in [-0.1, -0.05) is 32.0 Å². The molecule has 0 saturated carbocycles. The van der Waals surface area contributed by atoms with E-state index in [-0.39, 0.29) is 5.56 Å². The van der Waals surface area contributed by atoms with Gasteiger partial charge in [-0.05, 0) is 31.4 Å². The Hall–Kier alpha value is -1.77. The van der Waals surface area contributed by atoms with Gasteiger partial charge >= 0.3 is 0 Å². The fraction of sp³-hybridized carbons (Fsp3) is 0.400. The van der Waals surface area contributed by atoms with Gasteiger partial charge in [0.15, 0.2) is 0 Å². The maximum atomic E-state index is 12.6. The average Bonchev–Trinajstić information content (AvgIpc) is 2.61. The SMILES string of the molecule is CCC(C)c1c(C)n(C)n(-c2ccccc2)c1=O. The van der Waals surface area contributed by atoms with E-state index in [1.54, 1.807) is 4.68 Å². The molecule has 0 aliphatic rings. The molecule has 1 heterocycles. The van der Waals surface area contributed by atoms with Gasteiger partial charge in [0, 0.05) is 18.3 Å². The number of nitrogens with zero attached hydrogens (tertiary/aromatic N) is 2. The molecule has 2 aromatic rings. The molecule has 0 aliphatic carbocycles. The Balaban J connectivity index is 2.68. The number of aromatic nitrogens is 2. The van der Waals surface area contributed by atoms with Gasteiger partial charge in [-0.15, -0.1) is 0 Å². The molecule has 0 fully saturated rings. The van der Waals surface area contributed by atoms with Gasteiger partial charge in [0.05, 0.1) is 5.69 Å². The van der Waals surface area contributed by atoms with Crippen molar-refractivity contribution in [1.29, 1.82) is 0 Å². The Morgan fingerprint density at radius 1 is 1.22 bits per heavy atom. The second-order valence-corrected chi connectivity index (χ2v) is 4.78. The van der Waals surface area contributed by atoms with Crippen LogP contribution in [0.5, 0.6) is 0 Å². The number of hydrogen-bond donors (Lipinski definition) is 0. The normalized spacial score (nSPS) is 12.7. The third-order valence-corrected chi connectivity index (χ3v) is 3.70. The third-order valence-electron chi connectivity index (χ3n) is 3.70. The molecule has 0 bridgehead atoms. The van der Waals surface area contributed by atoms with Gasteiger partial charge in [0.1, 0.15) is 0 Å². The largest absolute Gasteiger partial charge is 0.285 e. The van der Waals surface area contributed by atoms with Crippen LogP contribution in [0.1, 0.15) is 37.4 Å². The monoisotopic (exact) mass is 244 g/mol. The van der Waals surface area contributed by atoms with Crippen molar-refractivity contribution in [2.24, 2.45) is 7.05 Å². The van der Waals surface area contributed by atoms with Gasteiger partial charge in [-0.25, -0.2) is 4.68 Å². The Bertz CT molecular complexity index is 593. The number of benzene rings is 1. The van der Waals surface area contributed by atoms with E-state index >= 15 is 0 Å². The van der Waals surface area contributed by atoms with Crippen molar-refractivity contribution in [3.8, 4) is 5.69 Å². The van der Waals surface area contributed by atoms with E-state index in [1.807, 2.05) is 49.0 Å². The average molecular weight is 244 g/mol. The number of para-hydroxylation sites is 1. The fourth-order valence-electron chi connectivity index (χ4n) is 2.36. The summed E-state index contributed by atoms with van der Waals surface area (Å²) in [5, 5.41) is 0. The molecule has 0 N–H and O–H groups in total.